The first-order chi connectivity index (χ1) is 6.74. The van der Waals surface area contributed by atoms with E-state index in [2.05, 4.69) is 10.1 Å². The van der Waals surface area contributed by atoms with E-state index in [1.54, 1.807) is 12.5 Å². The minimum atomic E-state index is 0.493. The summed E-state index contributed by atoms with van der Waals surface area (Å²) in [6, 6.07) is 0. The standard InChI is InChI=1S/C9H13N5/c1-7-8(5-10)9(13(2)12-7)14-4-3-11-6-14/h3-4,6H,5,10H2,1-2H3. The maximum absolute atomic E-state index is 5.68. The molecule has 0 fully saturated rings. The van der Waals surface area contributed by atoms with Crippen molar-refractivity contribution in [1.29, 1.82) is 0 Å². The Morgan fingerprint density at radius 3 is 2.86 bits per heavy atom. The van der Waals surface area contributed by atoms with Gasteiger partial charge in [0.1, 0.15) is 12.1 Å². The van der Waals surface area contributed by atoms with Crippen LogP contribution in [-0.2, 0) is 13.6 Å². The van der Waals surface area contributed by atoms with Gasteiger partial charge in [-0.2, -0.15) is 5.10 Å². The van der Waals surface area contributed by atoms with Crippen LogP contribution in [0.5, 0.6) is 0 Å². The van der Waals surface area contributed by atoms with Crippen molar-refractivity contribution in [3.8, 4) is 5.82 Å². The Hall–Kier alpha value is -1.62. The molecule has 2 aromatic rings. The van der Waals surface area contributed by atoms with Crippen molar-refractivity contribution in [2.75, 3.05) is 0 Å². The second kappa shape index (κ2) is 3.26. The van der Waals surface area contributed by atoms with Crippen molar-refractivity contribution >= 4 is 0 Å². The predicted molar refractivity (Wildman–Crippen MR) is 53.0 cm³/mol. The summed E-state index contributed by atoms with van der Waals surface area (Å²) in [4.78, 5) is 4.01. The molecular weight excluding hydrogens is 178 g/mol. The first-order valence-corrected chi connectivity index (χ1v) is 4.45. The molecule has 0 aliphatic rings. The van der Waals surface area contributed by atoms with E-state index >= 15 is 0 Å². The molecule has 0 saturated carbocycles. The number of nitrogens with two attached hydrogens (primary N) is 1. The molecule has 0 amide bonds. The van der Waals surface area contributed by atoms with Crippen LogP contribution in [0.1, 0.15) is 11.3 Å². The third-order valence-electron chi connectivity index (χ3n) is 2.27. The van der Waals surface area contributed by atoms with Crippen LogP contribution < -0.4 is 5.73 Å². The SMILES string of the molecule is Cc1nn(C)c(-n2ccnc2)c1CN. The van der Waals surface area contributed by atoms with Gasteiger partial charge < -0.3 is 5.73 Å². The van der Waals surface area contributed by atoms with Gasteiger partial charge in [-0.15, -0.1) is 0 Å². The first-order valence-electron chi connectivity index (χ1n) is 4.45. The maximum Gasteiger partial charge on any atom is 0.140 e. The molecule has 0 bridgehead atoms. The number of imidazole rings is 1. The molecule has 2 rings (SSSR count). The summed E-state index contributed by atoms with van der Waals surface area (Å²) >= 11 is 0. The summed E-state index contributed by atoms with van der Waals surface area (Å²) in [7, 11) is 1.90. The minimum Gasteiger partial charge on any atom is -0.326 e. The topological polar surface area (TPSA) is 61.7 Å². The average Bonchev–Trinajstić information content (AvgIpc) is 2.72. The minimum absolute atomic E-state index is 0.493. The summed E-state index contributed by atoms with van der Waals surface area (Å²) in [6.07, 6.45) is 5.37. The van der Waals surface area contributed by atoms with E-state index in [9.17, 15) is 0 Å². The van der Waals surface area contributed by atoms with Gasteiger partial charge >= 0.3 is 0 Å². The smallest absolute Gasteiger partial charge is 0.140 e. The number of aromatic nitrogens is 4. The van der Waals surface area contributed by atoms with Gasteiger partial charge in [-0.25, -0.2) is 4.98 Å². The van der Waals surface area contributed by atoms with Crippen LogP contribution in [0.15, 0.2) is 18.7 Å². The molecule has 0 atom stereocenters. The van der Waals surface area contributed by atoms with E-state index in [-0.39, 0.29) is 0 Å². The van der Waals surface area contributed by atoms with Crippen molar-refractivity contribution in [1.82, 2.24) is 19.3 Å². The second-order valence-electron chi connectivity index (χ2n) is 3.19. The molecule has 0 unspecified atom stereocenters. The lowest BCUT2D eigenvalue weighted by Gasteiger charge is -2.04. The lowest BCUT2D eigenvalue weighted by atomic mass is 10.2. The molecule has 0 aliphatic carbocycles. The molecule has 2 aromatic heterocycles. The van der Waals surface area contributed by atoms with Crippen molar-refractivity contribution in [2.24, 2.45) is 12.8 Å². The van der Waals surface area contributed by atoms with Gasteiger partial charge in [0.25, 0.3) is 0 Å². The lowest BCUT2D eigenvalue weighted by molar-refractivity contribution is 0.720. The number of hydrogen-bond donors (Lipinski definition) is 1. The van der Waals surface area contributed by atoms with Gasteiger partial charge in [0.05, 0.1) is 5.69 Å². The first kappa shape index (κ1) is 8.96. The molecule has 74 valence electrons. The molecule has 14 heavy (non-hydrogen) atoms. The van der Waals surface area contributed by atoms with Crippen LogP contribution >= 0.6 is 0 Å². The predicted octanol–water partition coefficient (Wildman–Crippen LogP) is 0.373. The van der Waals surface area contributed by atoms with E-state index in [0.29, 0.717) is 6.54 Å². The van der Waals surface area contributed by atoms with E-state index in [4.69, 9.17) is 5.73 Å². The molecular formula is C9H13N5. The Labute approximate surface area is 82.2 Å². The highest BCUT2D eigenvalue weighted by Crippen LogP contribution is 2.16. The molecule has 2 heterocycles. The van der Waals surface area contributed by atoms with Crippen LogP contribution in [0, 0.1) is 6.92 Å². The Kier molecular flexibility index (Phi) is 2.09. The van der Waals surface area contributed by atoms with Gasteiger partial charge in [-0.3, -0.25) is 9.25 Å². The van der Waals surface area contributed by atoms with E-state index in [1.807, 2.05) is 29.4 Å². The van der Waals surface area contributed by atoms with Crippen LogP contribution in [0.4, 0.5) is 0 Å². The van der Waals surface area contributed by atoms with Crippen LogP contribution in [0.3, 0.4) is 0 Å². The highest BCUT2D eigenvalue weighted by atomic mass is 15.3. The zero-order chi connectivity index (χ0) is 10.1. The third-order valence-corrected chi connectivity index (χ3v) is 2.27. The Morgan fingerprint density at radius 1 is 1.50 bits per heavy atom. The Balaban J connectivity index is 2.62. The summed E-state index contributed by atoms with van der Waals surface area (Å²) in [5.74, 6) is 0.988. The quantitative estimate of drug-likeness (QED) is 0.746. The van der Waals surface area contributed by atoms with Crippen molar-refractivity contribution < 1.29 is 0 Å². The second-order valence-corrected chi connectivity index (χ2v) is 3.19. The number of hydrogen-bond acceptors (Lipinski definition) is 3. The number of aryl methyl sites for hydroxylation is 2. The zero-order valence-corrected chi connectivity index (χ0v) is 8.31. The summed E-state index contributed by atoms with van der Waals surface area (Å²) in [5, 5.41) is 4.33. The molecule has 0 spiro atoms. The summed E-state index contributed by atoms with van der Waals surface area (Å²) in [5.41, 5.74) is 7.72. The zero-order valence-electron chi connectivity index (χ0n) is 8.31. The molecule has 0 aliphatic heterocycles. The van der Waals surface area contributed by atoms with E-state index < -0.39 is 0 Å². The van der Waals surface area contributed by atoms with Gasteiger partial charge in [0, 0.05) is 31.5 Å². The molecule has 2 N–H and O–H groups in total. The fraction of sp³-hybridized carbons (Fsp3) is 0.333. The molecule has 5 nitrogen and oxygen atoms in total. The van der Waals surface area contributed by atoms with Crippen molar-refractivity contribution in [3.63, 3.8) is 0 Å². The highest BCUT2D eigenvalue weighted by Gasteiger charge is 2.12. The Bertz CT molecular complexity index is 426. The molecule has 0 saturated heterocycles. The van der Waals surface area contributed by atoms with Crippen molar-refractivity contribution in [2.45, 2.75) is 13.5 Å². The molecule has 5 heteroatoms. The largest absolute Gasteiger partial charge is 0.326 e. The highest BCUT2D eigenvalue weighted by molar-refractivity contribution is 5.37. The van der Waals surface area contributed by atoms with Crippen molar-refractivity contribution in [3.05, 3.63) is 30.0 Å². The third kappa shape index (κ3) is 1.22. The van der Waals surface area contributed by atoms with Gasteiger partial charge in [0.15, 0.2) is 0 Å². The van der Waals surface area contributed by atoms with Gasteiger partial charge in [0.2, 0.25) is 0 Å². The van der Waals surface area contributed by atoms with Gasteiger partial charge in [-0.1, -0.05) is 0 Å². The van der Waals surface area contributed by atoms with Crippen LogP contribution in [0.2, 0.25) is 0 Å². The average molecular weight is 191 g/mol. The Morgan fingerprint density at radius 2 is 2.29 bits per heavy atom. The number of nitrogens with zero attached hydrogens (tertiary/aromatic N) is 4. The summed E-state index contributed by atoms with van der Waals surface area (Å²) in [6.45, 7) is 2.45. The van der Waals surface area contributed by atoms with E-state index in [1.165, 1.54) is 0 Å². The number of rotatable bonds is 2. The monoisotopic (exact) mass is 191 g/mol. The fourth-order valence-corrected chi connectivity index (χ4v) is 1.64. The molecule has 0 radical (unpaired) electrons. The van der Waals surface area contributed by atoms with Crippen LogP contribution in [-0.4, -0.2) is 19.3 Å². The van der Waals surface area contributed by atoms with Gasteiger partial charge in [-0.05, 0) is 6.92 Å². The van der Waals surface area contributed by atoms with E-state index in [0.717, 1.165) is 17.1 Å². The molecule has 0 aromatic carbocycles. The fourth-order valence-electron chi connectivity index (χ4n) is 1.64. The maximum atomic E-state index is 5.68. The lowest BCUT2D eigenvalue weighted by Crippen LogP contribution is -2.06. The summed E-state index contributed by atoms with van der Waals surface area (Å²) < 4.78 is 3.74. The van der Waals surface area contributed by atoms with Crippen LogP contribution in [0.25, 0.3) is 5.82 Å². The normalized spacial score (nSPS) is 10.8.